The highest BCUT2D eigenvalue weighted by molar-refractivity contribution is 8.18. The molecule has 0 saturated carbocycles. The molecule has 1 aliphatic heterocycles. The van der Waals surface area contributed by atoms with Crippen LogP contribution in [-0.2, 0) is 11.4 Å². The van der Waals surface area contributed by atoms with Crippen molar-refractivity contribution >= 4 is 51.4 Å². The Bertz CT molecular complexity index is 1250. The number of ether oxygens (including phenoxy) is 2. The van der Waals surface area contributed by atoms with Gasteiger partial charge in [-0.15, -0.1) is 0 Å². The first-order valence-corrected chi connectivity index (χ1v) is 11.9. The van der Waals surface area contributed by atoms with Gasteiger partial charge in [0.2, 0.25) is 0 Å². The topological polar surface area (TPSA) is 55.8 Å². The number of hydrogen-bond acceptors (Lipinski definition) is 5. The van der Waals surface area contributed by atoms with Crippen LogP contribution in [0.5, 0.6) is 11.5 Å². The standard InChI is InChI=1S/C26H24ClNO4S/c1-4-16(2)28-25(29)23(33-26(28)30)14-17-12-21(27)24(22(13-17)31-3)32-15-19-10-7-9-18-8-5-6-11-20(18)19/h5-14,16H,4,15H2,1-3H3. The molecule has 0 aliphatic carbocycles. The van der Waals surface area contributed by atoms with Crippen LogP contribution in [-0.4, -0.2) is 29.2 Å². The summed E-state index contributed by atoms with van der Waals surface area (Å²) >= 11 is 7.48. The Labute approximate surface area is 202 Å². The zero-order chi connectivity index (χ0) is 23.5. The summed E-state index contributed by atoms with van der Waals surface area (Å²) < 4.78 is 11.6. The average molecular weight is 482 g/mol. The SMILES string of the molecule is CCC(C)N1C(=O)SC(=Cc2cc(Cl)c(OCc3cccc4ccccc34)c(OC)c2)C1=O. The number of rotatable bonds is 7. The number of carbonyl (C=O) groups excluding carboxylic acids is 2. The van der Waals surface area contributed by atoms with Gasteiger partial charge in [-0.05, 0) is 65.2 Å². The van der Waals surface area contributed by atoms with E-state index in [4.69, 9.17) is 21.1 Å². The van der Waals surface area contributed by atoms with Crippen LogP contribution in [0.25, 0.3) is 16.8 Å². The van der Waals surface area contributed by atoms with Gasteiger partial charge in [0, 0.05) is 6.04 Å². The molecule has 4 rings (SSSR count). The molecule has 1 heterocycles. The lowest BCUT2D eigenvalue weighted by molar-refractivity contribution is -0.124. The molecule has 33 heavy (non-hydrogen) atoms. The summed E-state index contributed by atoms with van der Waals surface area (Å²) in [5.74, 6) is 0.595. The second-order valence-electron chi connectivity index (χ2n) is 7.77. The van der Waals surface area contributed by atoms with Gasteiger partial charge in [-0.2, -0.15) is 0 Å². The van der Waals surface area contributed by atoms with Crippen LogP contribution in [0.4, 0.5) is 4.79 Å². The Hall–Kier alpha value is -2.96. The fourth-order valence-corrected chi connectivity index (χ4v) is 4.93. The first-order chi connectivity index (χ1) is 15.9. The van der Waals surface area contributed by atoms with Crippen LogP contribution in [0, 0.1) is 0 Å². The minimum Gasteiger partial charge on any atom is -0.493 e. The Morgan fingerprint density at radius 1 is 1.12 bits per heavy atom. The number of carbonyl (C=O) groups is 2. The quantitative estimate of drug-likeness (QED) is 0.343. The highest BCUT2D eigenvalue weighted by Crippen LogP contribution is 2.40. The molecule has 0 N–H and O–H groups in total. The van der Waals surface area contributed by atoms with Gasteiger partial charge in [-0.3, -0.25) is 14.5 Å². The molecular formula is C26H24ClNO4S. The molecule has 0 radical (unpaired) electrons. The molecule has 1 unspecified atom stereocenters. The number of imide groups is 1. The van der Waals surface area contributed by atoms with E-state index in [9.17, 15) is 9.59 Å². The van der Waals surface area contributed by atoms with Crippen molar-refractivity contribution in [2.24, 2.45) is 0 Å². The van der Waals surface area contributed by atoms with Crippen LogP contribution in [0.2, 0.25) is 5.02 Å². The van der Waals surface area contributed by atoms with E-state index in [0.29, 0.717) is 40.0 Å². The fourth-order valence-electron chi connectivity index (χ4n) is 3.73. The molecule has 5 nitrogen and oxygen atoms in total. The summed E-state index contributed by atoms with van der Waals surface area (Å²) in [6.07, 6.45) is 2.36. The average Bonchev–Trinajstić information content (AvgIpc) is 3.10. The lowest BCUT2D eigenvalue weighted by atomic mass is 10.1. The van der Waals surface area contributed by atoms with Gasteiger partial charge in [-0.25, -0.2) is 0 Å². The van der Waals surface area contributed by atoms with Crippen LogP contribution < -0.4 is 9.47 Å². The number of hydrogen-bond donors (Lipinski definition) is 0. The summed E-state index contributed by atoms with van der Waals surface area (Å²) in [6, 6.07) is 17.5. The smallest absolute Gasteiger partial charge is 0.293 e. The second-order valence-corrected chi connectivity index (χ2v) is 9.17. The Kier molecular flexibility index (Phi) is 6.96. The number of fused-ring (bicyclic) bond motifs is 1. The zero-order valence-corrected chi connectivity index (χ0v) is 20.2. The molecule has 1 fully saturated rings. The number of halogens is 1. The van der Waals surface area contributed by atoms with E-state index in [1.165, 1.54) is 12.0 Å². The molecule has 1 atom stereocenters. The number of methoxy groups -OCH3 is 1. The fraction of sp³-hybridized carbons (Fsp3) is 0.231. The summed E-state index contributed by atoms with van der Waals surface area (Å²) in [4.78, 5) is 26.7. The summed E-state index contributed by atoms with van der Waals surface area (Å²) in [7, 11) is 1.54. The molecule has 1 aliphatic rings. The van der Waals surface area contributed by atoms with Crippen molar-refractivity contribution in [3.8, 4) is 11.5 Å². The van der Waals surface area contributed by atoms with Gasteiger partial charge in [0.15, 0.2) is 11.5 Å². The number of amides is 2. The van der Waals surface area contributed by atoms with E-state index in [-0.39, 0.29) is 17.2 Å². The van der Waals surface area contributed by atoms with E-state index >= 15 is 0 Å². The number of nitrogens with zero attached hydrogens (tertiary/aromatic N) is 1. The third kappa shape index (κ3) is 4.72. The third-order valence-electron chi connectivity index (χ3n) is 5.66. The minimum absolute atomic E-state index is 0.147. The normalized spacial score (nSPS) is 16.0. The minimum atomic E-state index is -0.286. The molecule has 3 aromatic rings. The number of benzene rings is 3. The van der Waals surface area contributed by atoms with Crippen LogP contribution in [0.15, 0.2) is 59.5 Å². The van der Waals surface area contributed by atoms with Crippen molar-refractivity contribution in [1.29, 1.82) is 0 Å². The second kappa shape index (κ2) is 9.89. The monoisotopic (exact) mass is 481 g/mol. The van der Waals surface area contributed by atoms with E-state index < -0.39 is 0 Å². The molecular weight excluding hydrogens is 458 g/mol. The Morgan fingerprint density at radius 2 is 1.88 bits per heavy atom. The lowest BCUT2D eigenvalue weighted by Crippen LogP contribution is -2.36. The molecule has 2 amide bonds. The van der Waals surface area contributed by atoms with Crippen molar-refractivity contribution in [3.63, 3.8) is 0 Å². The summed E-state index contributed by atoms with van der Waals surface area (Å²) in [5, 5.41) is 2.36. The maximum Gasteiger partial charge on any atom is 0.293 e. The Morgan fingerprint density at radius 3 is 2.64 bits per heavy atom. The van der Waals surface area contributed by atoms with E-state index in [0.717, 1.165) is 28.1 Å². The van der Waals surface area contributed by atoms with Gasteiger partial charge in [0.25, 0.3) is 11.1 Å². The maximum absolute atomic E-state index is 12.7. The molecule has 0 spiro atoms. The van der Waals surface area contributed by atoms with Gasteiger partial charge in [0.05, 0.1) is 17.0 Å². The highest BCUT2D eigenvalue weighted by atomic mass is 35.5. The van der Waals surface area contributed by atoms with Gasteiger partial charge >= 0.3 is 0 Å². The molecule has 7 heteroatoms. The number of thioether (sulfide) groups is 1. The van der Waals surface area contributed by atoms with Gasteiger partial charge < -0.3 is 9.47 Å². The van der Waals surface area contributed by atoms with E-state index in [1.54, 1.807) is 18.2 Å². The van der Waals surface area contributed by atoms with Crippen molar-refractivity contribution in [2.75, 3.05) is 7.11 Å². The molecule has 0 bridgehead atoms. The van der Waals surface area contributed by atoms with Crippen molar-refractivity contribution in [3.05, 3.63) is 75.7 Å². The summed E-state index contributed by atoms with van der Waals surface area (Å²) in [5.41, 5.74) is 1.69. The molecule has 0 aromatic heterocycles. The van der Waals surface area contributed by atoms with Gasteiger partial charge in [0.1, 0.15) is 6.61 Å². The maximum atomic E-state index is 12.7. The van der Waals surface area contributed by atoms with E-state index in [2.05, 4.69) is 18.2 Å². The largest absolute Gasteiger partial charge is 0.493 e. The van der Waals surface area contributed by atoms with Gasteiger partial charge in [-0.1, -0.05) is 61.0 Å². The first-order valence-electron chi connectivity index (χ1n) is 10.7. The van der Waals surface area contributed by atoms with Crippen LogP contribution in [0.3, 0.4) is 0 Å². The lowest BCUT2D eigenvalue weighted by Gasteiger charge is -2.19. The van der Waals surface area contributed by atoms with Crippen LogP contribution >= 0.6 is 23.4 Å². The van der Waals surface area contributed by atoms with Crippen molar-refractivity contribution < 1.29 is 19.1 Å². The van der Waals surface area contributed by atoms with E-state index in [1.807, 2.05) is 38.1 Å². The predicted molar refractivity (Wildman–Crippen MR) is 134 cm³/mol. The molecule has 170 valence electrons. The third-order valence-corrected chi connectivity index (χ3v) is 6.82. The Balaban J connectivity index is 1.59. The first kappa shape index (κ1) is 23.2. The molecule has 3 aromatic carbocycles. The van der Waals surface area contributed by atoms with Crippen molar-refractivity contribution in [2.45, 2.75) is 32.9 Å². The van der Waals surface area contributed by atoms with Crippen LogP contribution in [0.1, 0.15) is 31.4 Å². The zero-order valence-electron chi connectivity index (χ0n) is 18.6. The molecule has 1 saturated heterocycles. The highest BCUT2D eigenvalue weighted by Gasteiger charge is 2.37. The summed E-state index contributed by atoms with van der Waals surface area (Å²) in [6.45, 7) is 4.13. The predicted octanol–water partition coefficient (Wildman–Crippen LogP) is 6.92. The van der Waals surface area contributed by atoms with Crippen molar-refractivity contribution in [1.82, 2.24) is 4.90 Å².